The lowest BCUT2D eigenvalue weighted by Gasteiger charge is -2.37. The van der Waals surface area contributed by atoms with E-state index in [0.717, 1.165) is 24.5 Å². The number of hydrogen-bond donors (Lipinski definition) is 1. The third-order valence-corrected chi connectivity index (χ3v) is 8.56. The van der Waals surface area contributed by atoms with Crippen LogP contribution in [0, 0.1) is 0 Å². The molecule has 0 bridgehead atoms. The fourth-order valence-electron chi connectivity index (χ4n) is 4.97. The van der Waals surface area contributed by atoms with Crippen molar-refractivity contribution in [1.82, 2.24) is 14.3 Å². The van der Waals surface area contributed by atoms with Crippen molar-refractivity contribution in [2.75, 3.05) is 49.6 Å². The number of nitrogens with zero attached hydrogens (tertiary/aromatic N) is 5. The number of unbranched alkanes of at least 4 members (excludes halogenated alkanes) is 2. The molecule has 1 amide bonds. The number of fused-ring (bicyclic) bond motifs is 1. The van der Waals surface area contributed by atoms with Crippen molar-refractivity contribution in [3.8, 4) is 5.75 Å². The highest BCUT2D eigenvalue weighted by atomic mass is 32.2. The highest BCUT2D eigenvalue weighted by Crippen LogP contribution is 2.34. The predicted molar refractivity (Wildman–Crippen MR) is 165 cm³/mol. The lowest BCUT2D eigenvalue weighted by atomic mass is 10.2. The van der Waals surface area contributed by atoms with Crippen LogP contribution in [0.25, 0.3) is 11.7 Å². The normalized spacial score (nSPS) is 16.7. The van der Waals surface area contributed by atoms with Crippen LogP contribution >= 0.6 is 24.0 Å². The molecule has 41 heavy (non-hydrogen) atoms. The number of rotatable bonds is 10. The molecule has 1 N–H and O–H groups in total. The van der Waals surface area contributed by atoms with Crippen LogP contribution in [0.3, 0.4) is 0 Å². The van der Waals surface area contributed by atoms with Gasteiger partial charge < -0.3 is 19.6 Å². The second-order valence-electron chi connectivity index (χ2n) is 9.79. The Morgan fingerprint density at radius 2 is 1.78 bits per heavy atom. The van der Waals surface area contributed by atoms with E-state index in [9.17, 15) is 14.4 Å². The second-order valence-corrected chi connectivity index (χ2v) is 11.5. The summed E-state index contributed by atoms with van der Waals surface area (Å²) in [6.07, 6.45) is 5.30. The van der Waals surface area contributed by atoms with Crippen LogP contribution < -0.4 is 20.1 Å². The summed E-state index contributed by atoms with van der Waals surface area (Å²) in [4.78, 5) is 48.9. The lowest BCUT2D eigenvalue weighted by molar-refractivity contribution is -0.137. The number of carbonyl (C=O) groups is 2. The molecule has 0 saturated carbocycles. The van der Waals surface area contributed by atoms with Gasteiger partial charge in [0.15, 0.2) is 0 Å². The molecule has 214 valence electrons. The van der Waals surface area contributed by atoms with Gasteiger partial charge in [-0.3, -0.25) is 23.7 Å². The van der Waals surface area contributed by atoms with Gasteiger partial charge >= 0.3 is 5.97 Å². The van der Waals surface area contributed by atoms with Gasteiger partial charge in [0.05, 0.1) is 17.6 Å². The minimum absolute atomic E-state index is 0.105. The Morgan fingerprint density at radius 1 is 1.05 bits per heavy atom. The van der Waals surface area contributed by atoms with Gasteiger partial charge in [-0.1, -0.05) is 36.5 Å². The van der Waals surface area contributed by atoms with E-state index in [1.165, 1.54) is 21.1 Å². The summed E-state index contributed by atoms with van der Waals surface area (Å²) in [5.41, 5.74) is 1.75. The monoisotopic (exact) mass is 593 g/mol. The number of methoxy groups -OCH3 is 1. The third-order valence-electron chi connectivity index (χ3n) is 7.19. The van der Waals surface area contributed by atoms with Gasteiger partial charge in [-0.2, -0.15) is 0 Å². The first kappa shape index (κ1) is 28.6. The van der Waals surface area contributed by atoms with E-state index < -0.39 is 5.97 Å². The minimum atomic E-state index is -0.827. The average molecular weight is 594 g/mol. The number of carbonyl (C=O) groups excluding carboxylic acids is 1. The van der Waals surface area contributed by atoms with E-state index in [1.54, 1.807) is 31.5 Å². The van der Waals surface area contributed by atoms with Gasteiger partial charge in [0, 0.05) is 51.0 Å². The molecule has 0 unspecified atom stereocenters. The summed E-state index contributed by atoms with van der Waals surface area (Å²) < 4.78 is 7.20. The Balaban J connectivity index is 1.38. The molecule has 2 fully saturated rings. The maximum atomic E-state index is 13.7. The number of ether oxygens (including phenoxy) is 1. The molecule has 12 heteroatoms. The van der Waals surface area contributed by atoms with Crippen LogP contribution in [0.15, 0.2) is 58.4 Å². The number of anilines is 2. The topological polar surface area (TPSA) is 108 Å². The largest absolute Gasteiger partial charge is 0.497 e. The zero-order chi connectivity index (χ0) is 28.9. The van der Waals surface area contributed by atoms with Crippen LogP contribution in [0.5, 0.6) is 5.75 Å². The van der Waals surface area contributed by atoms with Gasteiger partial charge in [-0.15, -0.1) is 0 Å². The number of aromatic nitrogens is 2. The summed E-state index contributed by atoms with van der Waals surface area (Å²) in [5, 5.41) is 8.83. The van der Waals surface area contributed by atoms with Gasteiger partial charge in [0.1, 0.15) is 21.5 Å². The van der Waals surface area contributed by atoms with Crippen LogP contribution in [-0.4, -0.2) is 75.4 Å². The smallest absolute Gasteiger partial charge is 0.303 e. The fraction of sp³-hybridized carbons (Fsp3) is 0.345. The first-order valence-electron chi connectivity index (χ1n) is 13.5. The number of hydrogen-bond acceptors (Lipinski definition) is 9. The van der Waals surface area contributed by atoms with E-state index in [1.807, 2.05) is 30.3 Å². The third kappa shape index (κ3) is 6.38. The van der Waals surface area contributed by atoms with Crippen molar-refractivity contribution >= 4 is 63.4 Å². The standard InChI is InChI=1S/C29H31N5O5S2/c1-39-21-11-9-20(10-12-21)31-15-17-32(18-16-31)26-22(27(37)33-13-6-4-7-24(33)30-26)19-23-28(38)34(29(40)41-23)14-5-2-3-8-25(35)36/h4,6-7,9-13,19H,2-3,5,8,14-18H2,1H3,(H,35,36)/b23-19-. The van der Waals surface area contributed by atoms with Crippen molar-refractivity contribution in [1.29, 1.82) is 0 Å². The Hall–Kier alpha value is -3.90. The number of thiocarbonyl (C=S) groups is 1. The molecule has 1 aromatic carbocycles. The number of aliphatic carboxylic acids is 1. The highest BCUT2D eigenvalue weighted by Gasteiger charge is 2.33. The fourth-order valence-corrected chi connectivity index (χ4v) is 6.27. The SMILES string of the molecule is COc1ccc(N2CCN(c3nc4ccccn4c(=O)c3/C=C3\SC(=S)N(CCCCCC(=O)O)C3=O)CC2)cc1. The van der Waals surface area contributed by atoms with E-state index in [4.69, 9.17) is 27.0 Å². The zero-order valence-corrected chi connectivity index (χ0v) is 24.3. The Labute approximate surface area is 247 Å². The molecular weight excluding hydrogens is 562 g/mol. The molecule has 0 radical (unpaired) electrons. The molecule has 2 aliphatic heterocycles. The lowest BCUT2D eigenvalue weighted by Crippen LogP contribution is -2.47. The number of thioether (sulfide) groups is 1. The molecule has 0 aliphatic carbocycles. The maximum Gasteiger partial charge on any atom is 0.303 e. The van der Waals surface area contributed by atoms with Crippen LogP contribution in [-0.2, 0) is 9.59 Å². The molecule has 4 heterocycles. The molecule has 2 aromatic heterocycles. The summed E-state index contributed by atoms with van der Waals surface area (Å²) in [6.45, 7) is 3.20. The van der Waals surface area contributed by atoms with E-state index in [0.29, 0.717) is 65.2 Å². The van der Waals surface area contributed by atoms with Gasteiger partial charge in [-0.25, -0.2) is 4.98 Å². The molecule has 2 aliphatic rings. The van der Waals surface area contributed by atoms with Crippen LogP contribution in [0.2, 0.25) is 0 Å². The summed E-state index contributed by atoms with van der Waals surface area (Å²) in [6, 6.07) is 13.4. The van der Waals surface area contributed by atoms with Gasteiger partial charge in [0.25, 0.3) is 11.5 Å². The molecule has 5 rings (SSSR count). The second kappa shape index (κ2) is 12.7. The summed E-state index contributed by atoms with van der Waals surface area (Å²) in [5.74, 6) is 0.286. The number of amides is 1. The number of piperazine rings is 1. The summed E-state index contributed by atoms with van der Waals surface area (Å²) in [7, 11) is 1.65. The van der Waals surface area contributed by atoms with Crippen molar-refractivity contribution in [2.24, 2.45) is 0 Å². The van der Waals surface area contributed by atoms with Gasteiger partial charge in [-0.05, 0) is 55.3 Å². The van der Waals surface area contributed by atoms with E-state index in [2.05, 4.69) is 9.80 Å². The number of carboxylic acids is 1. The molecule has 0 spiro atoms. The maximum absolute atomic E-state index is 13.7. The number of pyridine rings is 1. The van der Waals surface area contributed by atoms with Crippen molar-refractivity contribution in [3.63, 3.8) is 0 Å². The average Bonchev–Trinajstić information content (AvgIpc) is 3.25. The first-order chi connectivity index (χ1) is 19.9. The van der Waals surface area contributed by atoms with Crippen molar-refractivity contribution in [3.05, 3.63) is 69.5 Å². The number of carboxylic acid groups (broad SMARTS) is 1. The molecular formula is C29H31N5O5S2. The van der Waals surface area contributed by atoms with Gasteiger partial charge in [0.2, 0.25) is 0 Å². The Morgan fingerprint density at radius 3 is 2.49 bits per heavy atom. The number of benzene rings is 1. The Bertz CT molecular complexity index is 1550. The summed E-state index contributed by atoms with van der Waals surface area (Å²) >= 11 is 6.66. The quantitative estimate of drug-likeness (QED) is 0.211. The first-order valence-corrected chi connectivity index (χ1v) is 14.7. The van der Waals surface area contributed by atoms with Crippen LogP contribution in [0.4, 0.5) is 11.5 Å². The van der Waals surface area contributed by atoms with Crippen LogP contribution in [0.1, 0.15) is 31.2 Å². The molecule has 2 saturated heterocycles. The highest BCUT2D eigenvalue weighted by molar-refractivity contribution is 8.26. The van der Waals surface area contributed by atoms with Crippen molar-refractivity contribution in [2.45, 2.75) is 25.7 Å². The zero-order valence-electron chi connectivity index (χ0n) is 22.7. The molecule has 3 aromatic rings. The molecule has 0 atom stereocenters. The predicted octanol–water partition coefficient (Wildman–Crippen LogP) is 3.88. The molecule has 10 nitrogen and oxygen atoms in total. The Kier molecular flexibility index (Phi) is 8.89. The minimum Gasteiger partial charge on any atom is -0.497 e. The van der Waals surface area contributed by atoms with Crippen molar-refractivity contribution < 1.29 is 19.4 Å². The van der Waals surface area contributed by atoms with E-state index in [-0.39, 0.29) is 17.9 Å². The van der Waals surface area contributed by atoms with E-state index >= 15 is 0 Å².